The number of halogens is 1. The first-order chi connectivity index (χ1) is 9.88. The lowest BCUT2D eigenvalue weighted by molar-refractivity contribution is -0.384. The average molecular weight is 307 g/mol. The number of nitrogens with zero attached hydrogens (tertiary/aromatic N) is 1. The number of nitrogens with two attached hydrogens (primary N) is 1. The van der Waals surface area contributed by atoms with Crippen LogP contribution in [0.1, 0.15) is 24.1 Å². The highest BCUT2D eigenvalue weighted by Crippen LogP contribution is 2.33. The summed E-state index contributed by atoms with van der Waals surface area (Å²) in [4.78, 5) is 10.3. The van der Waals surface area contributed by atoms with E-state index in [4.69, 9.17) is 22.1 Å². The molecule has 2 rings (SSSR count). The minimum Gasteiger partial charge on any atom is -0.456 e. The van der Waals surface area contributed by atoms with Crippen LogP contribution in [0.2, 0.25) is 5.02 Å². The van der Waals surface area contributed by atoms with Gasteiger partial charge in [0.15, 0.2) is 0 Å². The molecule has 1 atom stereocenters. The van der Waals surface area contributed by atoms with Crippen molar-refractivity contribution in [3.8, 4) is 11.5 Å². The van der Waals surface area contributed by atoms with Gasteiger partial charge in [0, 0.05) is 18.2 Å². The summed E-state index contributed by atoms with van der Waals surface area (Å²) in [5.74, 6) is 1.01. The fourth-order valence-electron chi connectivity index (χ4n) is 1.86. The highest BCUT2D eigenvalue weighted by Gasteiger charge is 2.11. The standard InChI is InChI=1S/C15H15ClN2O3/c1-9-7-12(18(19)20)4-6-14(9)21-15-5-3-11(10(2)17)8-13(15)16/h3-8,10H,17H2,1-2H3/t10-/m0/s1. The van der Waals surface area contributed by atoms with Crippen molar-refractivity contribution in [3.05, 3.63) is 62.7 Å². The molecule has 0 aliphatic carbocycles. The van der Waals surface area contributed by atoms with Crippen LogP contribution in [0.5, 0.6) is 11.5 Å². The second kappa shape index (κ2) is 6.11. The smallest absolute Gasteiger partial charge is 0.269 e. The summed E-state index contributed by atoms with van der Waals surface area (Å²) in [5, 5.41) is 11.2. The number of nitro benzene ring substituents is 1. The van der Waals surface area contributed by atoms with Crippen LogP contribution in [0, 0.1) is 17.0 Å². The Bertz CT molecular complexity index is 687. The van der Waals surface area contributed by atoms with Crippen LogP contribution in [0.25, 0.3) is 0 Å². The van der Waals surface area contributed by atoms with Crippen LogP contribution >= 0.6 is 11.6 Å². The molecule has 21 heavy (non-hydrogen) atoms. The second-order valence-electron chi connectivity index (χ2n) is 4.79. The Labute approximate surface area is 127 Å². The average Bonchev–Trinajstić information content (AvgIpc) is 2.42. The van der Waals surface area contributed by atoms with E-state index in [9.17, 15) is 10.1 Å². The van der Waals surface area contributed by atoms with Gasteiger partial charge in [0.2, 0.25) is 0 Å². The fraction of sp³-hybridized carbons (Fsp3) is 0.200. The third-order valence-corrected chi connectivity index (χ3v) is 3.37. The van der Waals surface area contributed by atoms with Gasteiger partial charge >= 0.3 is 0 Å². The summed E-state index contributed by atoms with van der Waals surface area (Å²) in [6.45, 7) is 3.61. The van der Waals surface area contributed by atoms with E-state index in [1.165, 1.54) is 12.1 Å². The zero-order chi connectivity index (χ0) is 15.6. The van der Waals surface area contributed by atoms with E-state index in [1.807, 2.05) is 13.0 Å². The monoisotopic (exact) mass is 306 g/mol. The minimum atomic E-state index is -0.443. The van der Waals surface area contributed by atoms with Crippen LogP contribution in [0.3, 0.4) is 0 Å². The van der Waals surface area contributed by atoms with Gasteiger partial charge in [-0.25, -0.2) is 0 Å². The van der Waals surface area contributed by atoms with Crippen LogP contribution < -0.4 is 10.5 Å². The molecule has 2 aromatic rings. The van der Waals surface area contributed by atoms with E-state index >= 15 is 0 Å². The highest BCUT2D eigenvalue weighted by molar-refractivity contribution is 6.32. The zero-order valence-electron chi connectivity index (χ0n) is 11.7. The topological polar surface area (TPSA) is 78.4 Å². The Morgan fingerprint density at radius 2 is 1.90 bits per heavy atom. The van der Waals surface area contributed by atoms with Gasteiger partial charge < -0.3 is 10.5 Å². The lowest BCUT2D eigenvalue weighted by Crippen LogP contribution is -2.04. The van der Waals surface area contributed by atoms with E-state index in [0.717, 1.165) is 5.56 Å². The number of rotatable bonds is 4. The first-order valence-corrected chi connectivity index (χ1v) is 6.74. The summed E-state index contributed by atoms with van der Waals surface area (Å²) in [7, 11) is 0. The van der Waals surface area contributed by atoms with Gasteiger partial charge in [-0.3, -0.25) is 10.1 Å². The van der Waals surface area contributed by atoms with Crippen LogP contribution in [0.4, 0.5) is 5.69 Å². The number of nitro groups is 1. The van der Waals surface area contributed by atoms with Crippen molar-refractivity contribution in [2.45, 2.75) is 19.9 Å². The molecule has 0 unspecified atom stereocenters. The number of aryl methyl sites for hydroxylation is 1. The predicted octanol–water partition coefficient (Wildman–Crippen LogP) is 4.37. The zero-order valence-corrected chi connectivity index (χ0v) is 12.4. The van der Waals surface area contributed by atoms with E-state index in [-0.39, 0.29) is 11.7 Å². The summed E-state index contributed by atoms with van der Waals surface area (Å²) in [6, 6.07) is 9.63. The largest absolute Gasteiger partial charge is 0.456 e. The van der Waals surface area contributed by atoms with Crippen LogP contribution in [-0.4, -0.2) is 4.92 Å². The van der Waals surface area contributed by atoms with Crippen molar-refractivity contribution in [1.29, 1.82) is 0 Å². The van der Waals surface area contributed by atoms with Gasteiger partial charge in [0.1, 0.15) is 11.5 Å². The first kappa shape index (κ1) is 15.3. The van der Waals surface area contributed by atoms with Gasteiger partial charge in [-0.05, 0) is 43.2 Å². The van der Waals surface area contributed by atoms with Gasteiger partial charge in [-0.1, -0.05) is 17.7 Å². The third-order valence-electron chi connectivity index (χ3n) is 3.07. The maximum absolute atomic E-state index is 10.7. The molecule has 0 aliphatic heterocycles. The normalized spacial score (nSPS) is 12.0. The molecular weight excluding hydrogens is 292 g/mol. The summed E-state index contributed by atoms with van der Waals surface area (Å²) in [6.07, 6.45) is 0. The lowest BCUT2D eigenvalue weighted by Gasteiger charge is -2.12. The van der Waals surface area contributed by atoms with Crippen molar-refractivity contribution in [2.24, 2.45) is 5.73 Å². The SMILES string of the molecule is Cc1cc([N+](=O)[O-])ccc1Oc1ccc([C@H](C)N)cc1Cl. The molecule has 0 spiro atoms. The predicted molar refractivity (Wildman–Crippen MR) is 82.0 cm³/mol. The number of ether oxygens (including phenoxy) is 1. The first-order valence-electron chi connectivity index (χ1n) is 6.36. The quantitative estimate of drug-likeness (QED) is 0.672. The Morgan fingerprint density at radius 1 is 1.24 bits per heavy atom. The molecule has 6 heteroatoms. The molecule has 5 nitrogen and oxygen atoms in total. The van der Waals surface area contributed by atoms with E-state index in [2.05, 4.69) is 0 Å². The molecule has 0 saturated carbocycles. The summed E-state index contributed by atoms with van der Waals surface area (Å²) < 4.78 is 5.71. The Balaban J connectivity index is 2.28. The van der Waals surface area contributed by atoms with Crippen LogP contribution in [0.15, 0.2) is 36.4 Å². The molecule has 0 fully saturated rings. The maximum Gasteiger partial charge on any atom is 0.269 e. The Hall–Kier alpha value is -2.11. The number of benzene rings is 2. The summed E-state index contributed by atoms with van der Waals surface area (Å²) in [5.41, 5.74) is 7.39. The molecule has 0 bridgehead atoms. The molecule has 0 aliphatic rings. The minimum absolute atomic E-state index is 0.0262. The van der Waals surface area contributed by atoms with Crippen molar-refractivity contribution < 1.29 is 9.66 Å². The highest BCUT2D eigenvalue weighted by atomic mass is 35.5. The van der Waals surface area contributed by atoms with E-state index < -0.39 is 4.92 Å². The Morgan fingerprint density at radius 3 is 2.43 bits per heavy atom. The number of non-ortho nitro benzene ring substituents is 1. The number of hydrogen-bond acceptors (Lipinski definition) is 4. The van der Waals surface area contributed by atoms with Crippen molar-refractivity contribution in [3.63, 3.8) is 0 Å². The second-order valence-corrected chi connectivity index (χ2v) is 5.19. The van der Waals surface area contributed by atoms with Gasteiger partial charge in [-0.2, -0.15) is 0 Å². The van der Waals surface area contributed by atoms with Crippen molar-refractivity contribution in [2.75, 3.05) is 0 Å². The molecule has 0 heterocycles. The maximum atomic E-state index is 10.7. The molecule has 0 aromatic heterocycles. The Kier molecular flexibility index (Phi) is 4.45. The van der Waals surface area contributed by atoms with Gasteiger partial charge in [-0.15, -0.1) is 0 Å². The molecule has 0 radical (unpaired) electrons. The lowest BCUT2D eigenvalue weighted by atomic mass is 10.1. The van der Waals surface area contributed by atoms with Crippen molar-refractivity contribution in [1.82, 2.24) is 0 Å². The molecular formula is C15H15ClN2O3. The van der Waals surface area contributed by atoms with Gasteiger partial charge in [0.25, 0.3) is 5.69 Å². The van der Waals surface area contributed by atoms with Crippen molar-refractivity contribution >= 4 is 17.3 Å². The van der Waals surface area contributed by atoms with E-state index in [1.54, 1.807) is 25.1 Å². The molecule has 0 amide bonds. The van der Waals surface area contributed by atoms with Crippen LogP contribution in [-0.2, 0) is 0 Å². The molecule has 2 aromatic carbocycles. The molecule has 110 valence electrons. The number of hydrogen-bond donors (Lipinski definition) is 1. The van der Waals surface area contributed by atoms with E-state index in [0.29, 0.717) is 22.1 Å². The molecule has 2 N–H and O–H groups in total. The third kappa shape index (κ3) is 3.51. The fourth-order valence-corrected chi connectivity index (χ4v) is 2.09. The summed E-state index contributed by atoms with van der Waals surface area (Å²) >= 11 is 6.17. The molecule has 0 saturated heterocycles. The van der Waals surface area contributed by atoms with Gasteiger partial charge in [0.05, 0.1) is 9.95 Å².